The number of benzene rings is 1. The molecule has 1 aromatic heterocycles. The Morgan fingerprint density at radius 3 is 2.72 bits per heavy atom. The van der Waals surface area contributed by atoms with Gasteiger partial charge in [0, 0.05) is 30.1 Å². The molecular weight excluding hydrogens is 229 g/mol. The summed E-state index contributed by atoms with van der Waals surface area (Å²) in [7, 11) is 1.90. The molecule has 0 spiro atoms. The number of rotatable bonds is 1. The molecule has 0 unspecified atom stereocenters. The molecule has 0 radical (unpaired) electrons. The predicted molar refractivity (Wildman–Crippen MR) is 71.2 cm³/mol. The molecule has 0 saturated heterocycles. The number of aliphatic imine (C=N–C) groups is 1. The topological polar surface area (TPSA) is 30.2 Å². The minimum Gasteiger partial charge on any atom is -0.268 e. The molecule has 0 aliphatic carbocycles. The standard InChI is InChI=1S/C14H14FN3/c1-8-6-12(14(15)16-8)10-4-5-11-9(2)17-18(3)13(11)7-10/h4-5,7H,6H2,1-3H3. The summed E-state index contributed by atoms with van der Waals surface area (Å²) in [5.74, 6) is -0.356. The number of hydrogen-bond donors (Lipinski definition) is 0. The molecule has 1 aliphatic heterocycles. The molecule has 3 rings (SSSR count). The first kappa shape index (κ1) is 11.1. The van der Waals surface area contributed by atoms with Crippen LogP contribution in [-0.2, 0) is 7.05 Å². The monoisotopic (exact) mass is 243 g/mol. The molecule has 0 bridgehead atoms. The number of aryl methyl sites for hydroxylation is 2. The van der Waals surface area contributed by atoms with Crippen molar-refractivity contribution in [2.45, 2.75) is 20.3 Å². The third kappa shape index (κ3) is 1.56. The Kier molecular flexibility index (Phi) is 2.33. The van der Waals surface area contributed by atoms with Gasteiger partial charge in [-0.15, -0.1) is 0 Å². The van der Waals surface area contributed by atoms with Crippen molar-refractivity contribution in [3.05, 3.63) is 35.4 Å². The molecule has 0 amide bonds. The van der Waals surface area contributed by atoms with Crippen LogP contribution in [0.3, 0.4) is 0 Å². The van der Waals surface area contributed by atoms with Crippen molar-refractivity contribution in [2.75, 3.05) is 0 Å². The van der Waals surface area contributed by atoms with E-state index in [0.29, 0.717) is 12.0 Å². The first-order valence-corrected chi connectivity index (χ1v) is 5.93. The van der Waals surface area contributed by atoms with E-state index in [1.807, 2.05) is 43.8 Å². The summed E-state index contributed by atoms with van der Waals surface area (Å²) in [5, 5.41) is 5.48. The van der Waals surface area contributed by atoms with Gasteiger partial charge in [0.25, 0.3) is 0 Å². The predicted octanol–water partition coefficient (Wildman–Crippen LogP) is 3.38. The zero-order valence-electron chi connectivity index (χ0n) is 10.7. The number of aromatic nitrogens is 2. The van der Waals surface area contributed by atoms with Gasteiger partial charge in [-0.05, 0) is 25.5 Å². The number of halogens is 1. The third-order valence-electron chi connectivity index (χ3n) is 3.36. The summed E-state index contributed by atoms with van der Waals surface area (Å²) in [6.07, 6.45) is 0.591. The Balaban J connectivity index is 2.16. The Morgan fingerprint density at radius 1 is 1.28 bits per heavy atom. The molecule has 1 aromatic carbocycles. The molecule has 1 aliphatic rings. The van der Waals surface area contributed by atoms with Gasteiger partial charge in [-0.3, -0.25) is 4.68 Å². The Labute approximate surface area is 105 Å². The van der Waals surface area contributed by atoms with E-state index in [9.17, 15) is 4.39 Å². The van der Waals surface area contributed by atoms with Gasteiger partial charge in [0.1, 0.15) is 0 Å². The van der Waals surface area contributed by atoms with E-state index in [1.165, 1.54) is 0 Å². The summed E-state index contributed by atoms with van der Waals surface area (Å²) in [5.41, 5.74) is 4.41. The van der Waals surface area contributed by atoms with Crippen molar-refractivity contribution in [3.8, 4) is 0 Å². The molecule has 2 aromatic rings. The molecule has 0 fully saturated rings. The van der Waals surface area contributed by atoms with Crippen molar-refractivity contribution in [3.63, 3.8) is 0 Å². The molecule has 0 saturated carbocycles. The van der Waals surface area contributed by atoms with Crippen molar-refractivity contribution >= 4 is 22.2 Å². The highest BCUT2D eigenvalue weighted by Crippen LogP contribution is 2.32. The van der Waals surface area contributed by atoms with Gasteiger partial charge in [-0.1, -0.05) is 12.1 Å². The largest absolute Gasteiger partial charge is 0.268 e. The molecular formula is C14H14FN3. The summed E-state index contributed by atoms with van der Waals surface area (Å²) >= 11 is 0. The highest BCUT2D eigenvalue weighted by Gasteiger charge is 2.17. The van der Waals surface area contributed by atoms with Crippen LogP contribution in [0.2, 0.25) is 0 Å². The van der Waals surface area contributed by atoms with Gasteiger partial charge >= 0.3 is 0 Å². The van der Waals surface area contributed by atoms with Crippen LogP contribution in [0.25, 0.3) is 16.5 Å². The van der Waals surface area contributed by atoms with Gasteiger partial charge < -0.3 is 0 Å². The number of hydrogen-bond acceptors (Lipinski definition) is 2. The highest BCUT2D eigenvalue weighted by atomic mass is 19.1. The summed E-state index contributed by atoms with van der Waals surface area (Å²) < 4.78 is 15.5. The zero-order valence-corrected chi connectivity index (χ0v) is 10.7. The minimum absolute atomic E-state index is 0.356. The van der Waals surface area contributed by atoms with Gasteiger partial charge in [0.15, 0.2) is 0 Å². The molecule has 4 heteroatoms. The van der Waals surface area contributed by atoms with Crippen molar-refractivity contribution < 1.29 is 4.39 Å². The Morgan fingerprint density at radius 2 is 2.06 bits per heavy atom. The molecule has 18 heavy (non-hydrogen) atoms. The number of nitrogens with zero attached hydrogens (tertiary/aromatic N) is 3. The average molecular weight is 243 g/mol. The SMILES string of the molecule is CC1=NC(F)=C(c2ccc3c(C)nn(C)c3c2)C1. The minimum atomic E-state index is -0.356. The van der Waals surface area contributed by atoms with E-state index < -0.39 is 0 Å². The molecule has 92 valence electrons. The van der Waals surface area contributed by atoms with Crippen LogP contribution in [0, 0.1) is 6.92 Å². The van der Waals surface area contributed by atoms with E-state index in [0.717, 1.165) is 27.9 Å². The summed E-state index contributed by atoms with van der Waals surface area (Å²) in [6.45, 7) is 3.82. The maximum Gasteiger partial charge on any atom is 0.216 e. The number of fused-ring (bicyclic) bond motifs is 1. The van der Waals surface area contributed by atoms with E-state index in [1.54, 1.807) is 0 Å². The lowest BCUT2D eigenvalue weighted by Crippen LogP contribution is -1.92. The first-order valence-electron chi connectivity index (χ1n) is 5.93. The molecule has 2 heterocycles. The van der Waals surface area contributed by atoms with Gasteiger partial charge in [0.05, 0.1) is 11.2 Å². The van der Waals surface area contributed by atoms with Crippen LogP contribution in [0.4, 0.5) is 4.39 Å². The van der Waals surface area contributed by atoms with Crippen LogP contribution in [0.5, 0.6) is 0 Å². The van der Waals surface area contributed by atoms with Gasteiger partial charge in [-0.25, -0.2) is 4.99 Å². The second kappa shape index (κ2) is 3.77. The van der Waals surface area contributed by atoms with E-state index >= 15 is 0 Å². The van der Waals surface area contributed by atoms with Crippen LogP contribution in [-0.4, -0.2) is 15.5 Å². The smallest absolute Gasteiger partial charge is 0.216 e. The second-order valence-electron chi connectivity index (χ2n) is 4.73. The van der Waals surface area contributed by atoms with Crippen molar-refractivity contribution in [1.29, 1.82) is 0 Å². The maximum atomic E-state index is 13.7. The normalized spacial score (nSPS) is 15.7. The van der Waals surface area contributed by atoms with Crippen LogP contribution < -0.4 is 0 Å². The van der Waals surface area contributed by atoms with Crippen molar-refractivity contribution in [1.82, 2.24) is 9.78 Å². The fourth-order valence-electron chi connectivity index (χ4n) is 2.45. The van der Waals surface area contributed by atoms with Crippen LogP contribution in [0.15, 0.2) is 29.1 Å². The molecule has 0 atom stereocenters. The van der Waals surface area contributed by atoms with Crippen LogP contribution >= 0.6 is 0 Å². The fraction of sp³-hybridized carbons (Fsp3) is 0.286. The average Bonchev–Trinajstić information content (AvgIpc) is 2.80. The van der Waals surface area contributed by atoms with E-state index in [2.05, 4.69) is 10.1 Å². The lowest BCUT2D eigenvalue weighted by atomic mass is 10.0. The highest BCUT2D eigenvalue weighted by molar-refractivity contribution is 5.99. The second-order valence-corrected chi connectivity index (χ2v) is 4.73. The van der Waals surface area contributed by atoms with E-state index in [4.69, 9.17) is 0 Å². The lowest BCUT2D eigenvalue weighted by Gasteiger charge is -2.03. The summed E-state index contributed by atoms with van der Waals surface area (Å²) in [6, 6.07) is 5.93. The van der Waals surface area contributed by atoms with E-state index in [-0.39, 0.29) is 5.95 Å². The third-order valence-corrected chi connectivity index (χ3v) is 3.36. The lowest BCUT2D eigenvalue weighted by molar-refractivity contribution is 0.635. The maximum absolute atomic E-state index is 13.7. The van der Waals surface area contributed by atoms with Gasteiger partial charge in [-0.2, -0.15) is 9.49 Å². The number of allylic oxidation sites excluding steroid dienone is 1. The molecule has 3 nitrogen and oxygen atoms in total. The molecule has 0 N–H and O–H groups in total. The zero-order chi connectivity index (χ0) is 12.9. The van der Waals surface area contributed by atoms with Crippen LogP contribution in [0.1, 0.15) is 24.6 Å². The fourth-order valence-corrected chi connectivity index (χ4v) is 2.45. The Bertz CT molecular complexity index is 707. The first-order chi connectivity index (χ1) is 8.56. The Hall–Kier alpha value is -1.97. The summed E-state index contributed by atoms with van der Waals surface area (Å²) in [4.78, 5) is 3.86. The van der Waals surface area contributed by atoms with Crippen molar-refractivity contribution in [2.24, 2.45) is 12.0 Å². The van der Waals surface area contributed by atoms with Gasteiger partial charge in [0.2, 0.25) is 5.95 Å². The quantitative estimate of drug-likeness (QED) is 0.706.